The lowest BCUT2D eigenvalue weighted by atomic mass is 10.2. The van der Waals surface area contributed by atoms with E-state index in [4.69, 9.17) is 4.74 Å². The van der Waals surface area contributed by atoms with E-state index < -0.39 is 0 Å². The fourth-order valence-electron chi connectivity index (χ4n) is 4.55. The number of carbonyl (C=O) groups excluding carboxylic acids is 1. The number of nitrogens with zero attached hydrogens (tertiary/aromatic N) is 5. The number of hydrogen-bond acceptors (Lipinski definition) is 6. The van der Waals surface area contributed by atoms with Gasteiger partial charge in [-0.2, -0.15) is 5.10 Å². The molecule has 1 saturated carbocycles. The Kier molecular flexibility index (Phi) is 5.04. The molecule has 2 aromatic heterocycles. The molecule has 3 aliphatic rings. The van der Waals surface area contributed by atoms with Crippen LogP contribution in [0.5, 0.6) is 5.88 Å². The molecular formula is C22H27N5O2. The van der Waals surface area contributed by atoms with Gasteiger partial charge in [0.15, 0.2) is 5.82 Å². The van der Waals surface area contributed by atoms with E-state index in [-0.39, 0.29) is 12.0 Å². The topological polar surface area (TPSA) is 71.5 Å². The van der Waals surface area contributed by atoms with Gasteiger partial charge in [-0.05, 0) is 62.6 Å². The van der Waals surface area contributed by atoms with Crippen molar-refractivity contribution in [1.29, 1.82) is 0 Å². The average molecular weight is 393 g/mol. The molecule has 5 rings (SSSR count). The van der Waals surface area contributed by atoms with Crippen LogP contribution in [0.2, 0.25) is 0 Å². The Morgan fingerprint density at radius 3 is 2.59 bits per heavy atom. The second-order valence-electron chi connectivity index (χ2n) is 8.22. The van der Waals surface area contributed by atoms with E-state index in [0.717, 1.165) is 50.3 Å². The van der Waals surface area contributed by atoms with Crippen LogP contribution in [-0.4, -0.2) is 58.3 Å². The molecule has 152 valence electrons. The number of aromatic nitrogens is 3. The highest BCUT2D eigenvalue weighted by atomic mass is 16.5. The molecule has 2 aromatic rings. The van der Waals surface area contributed by atoms with E-state index in [0.29, 0.717) is 24.5 Å². The van der Waals surface area contributed by atoms with Gasteiger partial charge in [-0.15, -0.1) is 5.10 Å². The van der Waals surface area contributed by atoms with E-state index in [1.165, 1.54) is 24.8 Å². The van der Waals surface area contributed by atoms with Gasteiger partial charge in [0.05, 0.1) is 11.3 Å². The number of ether oxygens (including phenoxy) is 1. The number of fused-ring (bicyclic) bond motifs is 1. The Labute approximate surface area is 171 Å². The summed E-state index contributed by atoms with van der Waals surface area (Å²) < 4.78 is 5.89. The zero-order chi connectivity index (χ0) is 19.6. The van der Waals surface area contributed by atoms with Crippen molar-refractivity contribution in [2.24, 2.45) is 0 Å². The number of aryl methyl sites for hydroxylation is 2. The van der Waals surface area contributed by atoms with Gasteiger partial charge in [-0.1, -0.05) is 0 Å². The summed E-state index contributed by atoms with van der Waals surface area (Å²) in [6, 6.07) is 5.83. The maximum Gasteiger partial charge on any atom is 0.255 e. The van der Waals surface area contributed by atoms with E-state index in [9.17, 15) is 4.79 Å². The van der Waals surface area contributed by atoms with Gasteiger partial charge in [-0.3, -0.25) is 4.79 Å². The first-order valence-electron chi connectivity index (χ1n) is 10.8. The summed E-state index contributed by atoms with van der Waals surface area (Å²) in [7, 11) is 0. The number of carbonyl (C=O) groups is 1. The predicted molar refractivity (Wildman–Crippen MR) is 109 cm³/mol. The molecule has 0 atom stereocenters. The Morgan fingerprint density at radius 1 is 1.00 bits per heavy atom. The van der Waals surface area contributed by atoms with Gasteiger partial charge >= 0.3 is 0 Å². The summed E-state index contributed by atoms with van der Waals surface area (Å²) in [4.78, 5) is 21.3. The van der Waals surface area contributed by atoms with Gasteiger partial charge in [0, 0.05) is 38.4 Å². The van der Waals surface area contributed by atoms with Crippen molar-refractivity contribution in [2.45, 2.75) is 51.0 Å². The van der Waals surface area contributed by atoms with Crippen molar-refractivity contribution in [3.8, 4) is 5.88 Å². The number of piperazine rings is 1. The van der Waals surface area contributed by atoms with Crippen LogP contribution in [0.15, 0.2) is 24.4 Å². The predicted octanol–water partition coefficient (Wildman–Crippen LogP) is 2.64. The van der Waals surface area contributed by atoms with Crippen LogP contribution >= 0.6 is 0 Å². The molecule has 7 nitrogen and oxygen atoms in total. The van der Waals surface area contributed by atoms with Crippen molar-refractivity contribution in [3.05, 3.63) is 41.2 Å². The molecule has 0 radical (unpaired) electrons. The fraction of sp³-hybridized carbons (Fsp3) is 0.545. The van der Waals surface area contributed by atoms with Gasteiger partial charge in [0.2, 0.25) is 5.88 Å². The summed E-state index contributed by atoms with van der Waals surface area (Å²) in [6.45, 7) is 2.90. The summed E-state index contributed by atoms with van der Waals surface area (Å²) in [6.07, 6.45) is 9.89. The molecule has 7 heteroatoms. The molecule has 1 aliphatic heterocycles. The van der Waals surface area contributed by atoms with Crippen LogP contribution in [0.25, 0.3) is 0 Å². The van der Waals surface area contributed by atoms with E-state index >= 15 is 0 Å². The SMILES string of the molecule is O=C(c1ccc(OC2CCCC2)nc1)N1CCN(c2cc3c(nn2)CCC3)CC1. The lowest BCUT2D eigenvalue weighted by Crippen LogP contribution is -2.49. The molecule has 0 unspecified atom stereocenters. The van der Waals surface area contributed by atoms with Gasteiger partial charge in [0.25, 0.3) is 5.91 Å². The largest absolute Gasteiger partial charge is 0.474 e. The van der Waals surface area contributed by atoms with Crippen LogP contribution in [-0.2, 0) is 12.8 Å². The van der Waals surface area contributed by atoms with Crippen LogP contribution in [0, 0.1) is 0 Å². The molecule has 29 heavy (non-hydrogen) atoms. The number of pyridine rings is 1. The van der Waals surface area contributed by atoms with Crippen molar-refractivity contribution >= 4 is 11.7 Å². The summed E-state index contributed by atoms with van der Waals surface area (Å²) in [5.41, 5.74) is 3.10. The normalized spacial score (nSPS) is 19.4. The molecular weight excluding hydrogens is 366 g/mol. The molecule has 1 saturated heterocycles. The van der Waals surface area contributed by atoms with Crippen molar-refractivity contribution in [3.63, 3.8) is 0 Å². The van der Waals surface area contributed by atoms with Gasteiger partial charge < -0.3 is 14.5 Å². The highest BCUT2D eigenvalue weighted by Gasteiger charge is 2.25. The second kappa shape index (κ2) is 7.97. The zero-order valence-corrected chi connectivity index (χ0v) is 16.7. The lowest BCUT2D eigenvalue weighted by molar-refractivity contribution is 0.0746. The van der Waals surface area contributed by atoms with Gasteiger partial charge in [-0.25, -0.2) is 4.98 Å². The Balaban J connectivity index is 1.17. The number of anilines is 1. The maximum atomic E-state index is 12.9. The van der Waals surface area contributed by atoms with Crippen LogP contribution in [0.1, 0.15) is 53.7 Å². The summed E-state index contributed by atoms with van der Waals surface area (Å²) >= 11 is 0. The molecule has 3 heterocycles. The third kappa shape index (κ3) is 3.91. The number of hydrogen-bond donors (Lipinski definition) is 0. The van der Waals surface area contributed by atoms with Crippen LogP contribution in [0.4, 0.5) is 5.82 Å². The van der Waals surface area contributed by atoms with Gasteiger partial charge in [0.1, 0.15) is 6.10 Å². The fourth-order valence-corrected chi connectivity index (χ4v) is 4.55. The average Bonchev–Trinajstić information content (AvgIpc) is 3.45. The van der Waals surface area contributed by atoms with Crippen molar-refractivity contribution in [1.82, 2.24) is 20.1 Å². The molecule has 0 bridgehead atoms. The quantitative estimate of drug-likeness (QED) is 0.795. The van der Waals surface area contributed by atoms with E-state index in [2.05, 4.69) is 26.1 Å². The molecule has 2 fully saturated rings. The van der Waals surface area contributed by atoms with Crippen molar-refractivity contribution in [2.75, 3.05) is 31.1 Å². The monoisotopic (exact) mass is 393 g/mol. The first-order chi connectivity index (χ1) is 14.3. The Bertz CT molecular complexity index is 871. The zero-order valence-electron chi connectivity index (χ0n) is 16.7. The van der Waals surface area contributed by atoms with E-state index in [1.54, 1.807) is 6.20 Å². The third-order valence-electron chi connectivity index (χ3n) is 6.27. The first kappa shape index (κ1) is 18.3. The summed E-state index contributed by atoms with van der Waals surface area (Å²) in [5.74, 6) is 1.59. The van der Waals surface area contributed by atoms with Crippen LogP contribution in [0.3, 0.4) is 0 Å². The third-order valence-corrected chi connectivity index (χ3v) is 6.27. The number of rotatable bonds is 4. The highest BCUT2D eigenvalue weighted by Crippen LogP contribution is 2.25. The number of amides is 1. The smallest absolute Gasteiger partial charge is 0.255 e. The molecule has 0 N–H and O–H groups in total. The first-order valence-corrected chi connectivity index (χ1v) is 10.8. The maximum absolute atomic E-state index is 12.9. The molecule has 0 aromatic carbocycles. The Hall–Kier alpha value is -2.70. The minimum atomic E-state index is 0.0320. The van der Waals surface area contributed by atoms with Crippen molar-refractivity contribution < 1.29 is 9.53 Å². The Morgan fingerprint density at radius 2 is 1.83 bits per heavy atom. The minimum absolute atomic E-state index is 0.0320. The molecule has 0 spiro atoms. The lowest BCUT2D eigenvalue weighted by Gasteiger charge is -2.35. The summed E-state index contributed by atoms with van der Waals surface area (Å²) in [5, 5.41) is 8.79. The van der Waals surface area contributed by atoms with Crippen LogP contribution < -0.4 is 9.64 Å². The van der Waals surface area contributed by atoms with E-state index in [1.807, 2.05) is 17.0 Å². The standard InChI is InChI=1S/C22H27N5O2/c28-22(17-8-9-21(23-15-17)29-18-5-1-2-6-18)27-12-10-26(11-13-27)20-14-16-4-3-7-19(16)24-25-20/h8-9,14-15,18H,1-7,10-13H2. The highest BCUT2D eigenvalue weighted by molar-refractivity contribution is 5.94. The second-order valence-corrected chi connectivity index (χ2v) is 8.22. The molecule has 1 amide bonds. The minimum Gasteiger partial charge on any atom is -0.474 e. The molecule has 2 aliphatic carbocycles.